The highest BCUT2D eigenvalue weighted by molar-refractivity contribution is 5.71. The Morgan fingerprint density at radius 1 is 1.33 bits per heavy atom. The zero-order valence-corrected chi connectivity index (χ0v) is 10.3. The first-order valence-electron chi connectivity index (χ1n) is 5.37. The number of carbonyl (C=O) groups is 1. The molecule has 0 aliphatic rings. The average Bonchev–Trinajstić information content (AvgIpc) is 2.23. The number of rotatable bonds is 8. The fourth-order valence-corrected chi connectivity index (χ4v) is 1.46. The fourth-order valence-electron chi connectivity index (χ4n) is 1.46. The number of hydrogen-bond acceptors (Lipinski definition) is 4. The molecule has 0 aliphatic heterocycles. The van der Waals surface area contributed by atoms with Crippen LogP contribution in [0.5, 0.6) is 0 Å². The largest absolute Gasteiger partial charge is 0.469 e. The van der Waals surface area contributed by atoms with Crippen LogP contribution < -0.4 is 0 Å². The lowest BCUT2D eigenvalue weighted by Crippen LogP contribution is -2.30. The Hall–Kier alpha value is -0.610. The molecule has 0 aromatic rings. The predicted octanol–water partition coefficient (Wildman–Crippen LogP) is 1.15. The third kappa shape index (κ3) is 7.33. The Labute approximate surface area is 92.5 Å². The third-order valence-corrected chi connectivity index (χ3v) is 2.33. The summed E-state index contributed by atoms with van der Waals surface area (Å²) >= 11 is 0. The molecular weight excluding hydrogens is 194 g/mol. The lowest BCUT2D eigenvalue weighted by molar-refractivity contribution is -0.145. The summed E-state index contributed by atoms with van der Waals surface area (Å²) in [5.74, 6) is -0.193. The molecule has 0 bridgehead atoms. The minimum atomic E-state index is -0.140. The summed E-state index contributed by atoms with van der Waals surface area (Å²) in [6.07, 6.45) is 2.16. The summed E-state index contributed by atoms with van der Waals surface area (Å²) < 4.78 is 9.64. The molecule has 4 heteroatoms. The van der Waals surface area contributed by atoms with Gasteiger partial charge in [0.25, 0.3) is 0 Å². The molecule has 0 amide bonds. The van der Waals surface area contributed by atoms with E-state index in [4.69, 9.17) is 4.74 Å². The van der Waals surface area contributed by atoms with E-state index in [-0.39, 0.29) is 11.9 Å². The molecule has 0 fully saturated rings. The lowest BCUT2D eigenvalue weighted by Gasteiger charge is -2.19. The van der Waals surface area contributed by atoms with Crippen molar-refractivity contribution in [3.63, 3.8) is 0 Å². The number of hydrogen-bond donors (Lipinski definition) is 0. The molecule has 90 valence electrons. The molecule has 0 rings (SSSR count). The maximum absolute atomic E-state index is 11.2. The Kier molecular flexibility index (Phi) is 8.33. The highest BCUT2D eigenvalue weighted by Crippen LogP contribution is 2.02. The number of methoxy groups -OCH3 is 2. The van der Waals surface area contributed by atoms with Crippen molar-refractivity contribution < 1.29 is 14.3 Å². The Balaban J connectivity index is 3.55. The first-order valence-corrected chi connectivity index (χ1v) is 5.37. The molecule has 1 unspecified atom stereocenters. The zero-order chi connectivity index (χ0) is 11.7. The van der Waals surface area contributed by atoms with Crippen LogP contribution in [0, 0.1) is 5.92 Å². The van der Waals surface area contributed by atoms with Crippen molar-refractivity contribution in [1.82, 2.24) is 4.90 Å². The van der Waals surface area contributed by atoms with E-state index < -0.39 is 0 Å². The van der Waals surface area contributed by atoms with Gasteiger partial charge < -0.3 is 14.4 Å². The molecule has 0 radical (unpaired) electrons. The highest BCUT2D eigenvalue weighted by Gasteiger charge is 2.14. The molecule has 0 heterocycles. The second-order valence-corrected chi connectivity index (χ2v) is 3.89. The van der Waals surface area contributed by atoms with Crippen LogP contribution in [0.25, 0.3) is 0 Å². The molecule has 0 saturated heterocycles. The molecule has 15 heavy (non-hydrogen) atoms. The quantitative estimate of drug-likeness (QED) is 0.451. The molecule has 1 atom stereocenters. The van der Waals surface area contributed by atoms with Gasteiger partial charge in [-0.1, -0.05) is 6.92 Å². The SMILES string of the molecule is COCCCCN(C)CC(C)C(=O)OC. The van der Waals surface area contributed by atoms with E-state index in [1.54, 1.807) is 7.11 Å². The molecule has 0 spiro atoms. The first kappa shape index (κ1) is 14.4. The molecule has 0 aromatic carbocycles. The topological polar surface area (TPSA) is 38.8 Å². The molecule has 0 N–H and O–H groups in total. The van der Waals surface area contributed by atoms with Crippen LogP contribution in [0.2, 0.25) is 0 Å². The minimum Gasteiger partial charge on any atom is -0.469 e. The monoisotopic (exact) mass is 217 g/mol. The van der Waals surface area contributed by atoms with Gasteiger partial charge in [0.15, 0.2) is 0 Å². The van der Waals surface area contributed by atoms with Gasteiger partial charge in [-0.25, -0.2) is 0 Å². The normalized spacial score (nSPS) is 12.9. The van der Waals surface area contributed by atoms with Gasteiger partial charge in [0.05, 0.1) is 13.0 Å². The van der Waals surface area contributed by atoms with Crippen LogP contribution in [0.4, 0.5) is 0 Å². The molecule has 0 aliphatic carbocycles. The van der Waals surface area contributed by atoms with Crippen molar-refractivity contribution in [3.8, 4) is 0 Å². The predicted molar refractivity (Wildman–Crippen MR) is 59.8 cm³/mol. The van der Waals surface area contributed by atoms with Gasteiger partial charge in [-0.3, -0.25) is 4.79 Å². The fraction of sp³-hybridized carbons (Fsp3) is 0.909. The van der Waals surface area contributed by atoms with Crippen molar-refractivity contribution in [2.45, 2.75) is 19.8 Å². The second kappa shape index (κ2) is 8.68. The smallest absolute Gasteiger partial charge is 0.309 e. The van der Waals surface area contributed by atoms with Crippen molar-refractivity contribution >= 4 is 5.97 Å². The van der Waals surface area contributed by atoms with Crippen molar-refractivity contribution in [1.29, 1.82) is 0 Å². The van der Waals surface area contributed by atoms with Gasteiger partial charge in [0, 0.05) is 20.3 Å². The van der Waals surface area contributed by atoms with E-state index in [9.17, 15) is 4.79 Å². The van der Waals surface area contributed by atoms with Gasteiger partial charge in [-0.2, -0.15) is 0 Å². The Bertz CT molecular complexity index is 173. The van der Waals surface area contributed by atoms with Crippen LogP contribution >= 0.6 is 0 Å². The summed E-state index contributed by atoms with van der Waals surface area (Å²) in [6.45, 7) is 4.43. The number of unbranched alkanes of at least 4 members (excludes halogenated alkanes) is 1. The minimum absolute atomic E-state index is 0.0533. The van der Waals surface area contributed by atoms with Crippen molar-refractivity contribution in [3.05, 3.63) is 0 Å². The van der Waals surface area contributed by atoms with E-state index in [2.05, 4.69) is 9.64 Å². The average molecular weight is 217 g/mol. The molecule has 0 saturated carbocycles. The highest BCUT2D eigenvalue weighted by atomic mass is 16.5. The van der Waals surface area contributed by atoms with Crippen LogP contribution in [0.15, 0.2) is 0 Å². The van der Waals surface area contributed by atoms with Crippen LogP contribution in [0.1, 0.15) is 19.8 Å². The molecule has 0 aromatic heterocycles. The van der Waals surface area contributed by atoms with Gasteiger partial charge >= 0.3 is 5.97 Å². The number of esters is 1. The van der Waals surface area contributed by atoms with Gasteiger partial charge in [0.2, 0.25) is 0 Å². The van der Waals surface area contributed by atoms with Crippen LogP contribution in [0.3, 0.4) is 0 Å². The van der Waals surface area contributed by atoms with Crippen LogP contribution in [-0.4, -0.2) is 51.8 Å². The van der Waals surface area contributed by atoms with E-state index in [0.717, 1.165) is 32.5 Å². The zero-order valence-electron chi connectivity index (χ0n) is 10.3. The summed E-state index contributed by atoms with van der Waals surface area (Å²) in [5, 5.41) is 0. The summed E-state index contributed by atoms with van der Waals surface area (Å²) in [7, 11) is 5.16. The third-order valence-electron chi connectivity index (χ3n) is 2.33. The standard InChI is InChI=1S/C11H23NO3/c1-10(11(13)15-4)9-12(2)7-5-6-8-14-3/h10H,5-9H2,1-4H3. The number of ether oxygens (including phenoxy) is 2. The van der Waals surface area contributed by atoms with Gasteiger partial charge in [0.1, 0.15) is 0 Å². The lowest BCUT2D eigenvalue weighted by atomic mass is 10.1. The maximum atomic E-state index is 11.2. The van der Waals surface area contributed by atoms with Crippen molar-refractivity contribution in [2.24, 2.45) is 5.92 Å². The van der Waals surface area contributed by atoms with Crippen LogP contribution in [-0.2, 0) is 14.3 Å². The van der Waals surface area contributed by atoms with E-state index >= 15 is 0 Å². The maximum Gasteiger partial charge on any atom is 0.309 e. The Morgan fingerprint density at radius 2 is 2.00 bits per heavy atom. The van der Waals surface area contributed by atoms with Gasteiger partial charge in [-0.05, 0) is 26.4 Å². The van der Waals surface area contributed by atoms with E-state index in [1.165, 1.54) is 7.11 Å². The van der Waals surface area contributed by atoms with E-state index in [0.29, 0.717) is 0 Å². The number of nitrogens with zero attached hydrogens (tertiary/aromatic N) is 1. The Morgan fingerprint density at radius 3 is 2.53 bits per heavy atom. The van der Waals surface area contributed by atoms with Crippen molar-refractivity contribution in [2.75, 3.05) is 41.0 Å². The molecular formula is C11H23NO3. The van der Waals surface area contributed by atoms with E-state index in [1.807, 2.05) is 14.0 Å². The summed E-state index contributed by atoms with van der Waals surface area (Å²) in [4.78, 5) is 13.3. The second-order valence-electron chi connectivity index (χ2n) is 3.89. The number of carbonyl (C=O) groups excluding carboxylic acids is 1. The summed E-state index contributed by atoms with van der Waals surface area (Å²) in [6, 6.07) is 0. The molecule has 4 nitrogen and oxygen atoms in total. The summed E-state index contributed by atoms with van der Waals surface area (Å²) in [5.41, 5.74) is 0. The first-order chi connectivity index (χ1) is 7.11. The van der Waals surface area contributed by atoms with Gasteiger partial charge in [-0.15, -0.1) is 0 Å².